The molecule has 0 saturated heterocycles. The van der Waals surface area contributed by atoms with Gasteiger partial charge in [-0.3, -0.25) is 0 Å². The molecule has 5 heteroatoms. The van der Waals surface area contributed by atoms with E-state index in [2.05, 4.69) is 0 Å². The lowest BCUT2D eigenvalue weighted by Crippen LogP contribution is -2.23. The molecule has 2 heterocycles. The molecule has 4 rings (SSSR count). The Kier molecular flexibility index (Phi) is 2.45. The molecule has 2 aliphatic rings. The number of hydrogen-bond acceptors (Lipinski definition) is 5. The van der Waals surface area contributed by atoms with Crippen molar-refractivity contribution in [2.24, 2.45) is 0 Å². The molecule has 5 nitrogen and oxygen atoms in total. The Labute approximate surface area is 121 Å². The minimum absolute atomic E-state index is 0.0716. The highest BCUT2D eigenvalue weighted by molar-refractivity contribution is 5.58. The third-order valence-corrected chi connectivity index (χ3v) is 4.09. The molecule has 2 N–H and O–H groups in total. The van der Waals surface area contributed by atoms with E-state index in [0.29, 0.717) is 12.4 Å². The van der Waals surface area contributed by atoms with Crippen molar-refractivity contribution in [3.05, 3.63) is 41.5 Å². The summed E-state index contributed by atoms with van der Waals surface area (Å²) in [6.07, 6.45) is -0.220. The van der Waals surface area contributed by atoms with E-state index in [1.807, 2.05) is 18.2 Å². The number of aromatic hydroxyl groups is 2. The molecule has 0 spiro atoms. The van der Waals surface area contributed by atoms with Crippen LogP contribution in [0, 0.1) is 0 Å². The molecular formula is C16H14O5. The lowest BCUT2D eigenvalue weighted by atomic mass is 9.89. The van der Waals surface area contributed by atoms with Crippen molar-refractivity contribution in [1.82, 2.24) is 0 Å². The molecule has 0 saturated carbocycles. The highest BCUT2D eigenvalue weighted by Crippen LogP contribution is 2.54. The third kappa shape index (κ3) is 1.63. The van der Waals surface area contributed by atoms with E-state index >= 15 is 0 Å². The Bertz CT molecular complexity index is 725. The van der Waals surface area contributed by atoms with Gasteiger partial charge in [0.05, 0.1) is 19.6 Å². The molecule has 0 bridgehead atoms. The van der Waals surface area contributed by atoms with Gasteiger partial charge >= 0.3 is 0 Å². The van der Waals surface area contributed by atoms with Gasteiger partial charge in [0.25, 0.3) is 0 Å². The second-order valence-electron chi connectivity index (χ2n) is 5.21. The Hall–Kier alpha value is -2.56. The van der Waals surface area contributed by atoms with Crippen molar-refractivity contribution in [3.8, 4) is 28.7 Å². The fourth-order valence-electron chi connectivity index (χ4n) is 3.01. The molecular weight excluding hydrogens is 272 g/mol. The first kappa shape index (κ1) is 12.2. The number of phenolic OH excluding ortho intramolecular Hbond substituents is 2. The molecule has 0 unspecified atom stereocenters. The fourth-order valence-corrected chi connectivity index (χ4v) is 3.01. The van der Waals surface area contributed by atoms with E-state index in [9.17, 15) is 10.2 Å². The van der Waals surface area contributed by atoms with Gasteiger partial charge in [0.2, 0.25) is 5.75 Å². The SMILES string of the molecule is COc1ccc2c(c1)O[C@@H]1c3ccc(O)c(O)c3OC[C@H]21. The minimum Gasteiger partial charge on any atom is -0.504 e. The van der Waals surface area contributed by atoms with Crippen molar-refractivity contribution in [2.45, 2.75) is 12.0 Å². The highest BCUT2D eigenvalue weighted by Gasteiger charge is 2.42. The summed E-state index contributed by atoms with van der Waals surface area (Å²) in [5.74, 6) is 1.46. The van der Waals surface area contributed by atoms with E-state index < -0.39 is 0 Å². The van der Waals surface area contributed by atoms with Gasteiger partial charge in [-0.2, -0.15) is 0 Å². The maximum Gasteiger partial charge on any atom is 0.200 e. The van der Waals surface area contributed by atoms with Crippen molar-refractivity contribution < 1.29 is 24.4 Å². The number of rotatable bonds is 1. The minimum atomic E-state index is -0.233. The predicted molar refractivity (Wildman–Crippen MR) is 74.4 cm³/mol. The van der Waals surface area contributed by atoms with E-state index in [1.165, 1.54) is 6.07 Å². The topological polar surface area (TPSA) is 68.2 Å². The van der Waals surface area contributed by atoms with Crippen molar-refractivity contribution >= 4 is 0 Å². The summed E-state index contributed by atoms with van der Waals surface area (Å²) in [4.78, 5) is 0. The molecule has 2 aromatic rings. The van der Waals surface area contributed by atoms with E-state index in [-0.39, 0.29) is 23.5 Å². The van der Waals surface area contributed by atoms with Gasteiger partial charge in [0.1, 0.15) is 17.6 Å². The first-order chi connectivity index (χ1) is 10.2. The van der Waals surface area contributed by atoms with Gasteiger partial charge in [-0.25, -0.2) is 0 Å². The Morgan fingerprint density at radius 1 is 1.14 bits per heavy atom. The van der Waals surface area contributed by atoms with Crippen LogP contribution in [0.4, 0.5) is 0 Å². The molecule has 0 aliphatic carbocycles. The Morgan fingerprint density at radius 3 is 2.76 bits per heavy atom. The summed E-state index contributed by atoms with van der Waals surface area (Å²) in [7, 11) is 1.61. The number of fused-ring (bicyclic) bond motifs is 5. The quantitative estimate of drug-likeness (QED) is 0.789. The first-order valence-corrected chi connectivity index (χ1v) is 6.71. The zero-order valence-corrected chi connectivity index (χ0v) is 11.4. The maximum absolute atomic E-state index is 9.91. The van der Waals surface area contributed by atoms with Crippen LogP contribution in [0.15, 0.2) is 30.3 Å². The van der Waals surface area contributed by atoms with Crippen LogP contribution in [0.25, 0.3) is 0 Å². The summed E-state index contributed by atoms with van der Waals surface area (Å²) < 4.78 is 16.9. The molecule has 0 radical (unpaired) electrons. The predicted octanol–water partition coefficient (Wildman–Crippen LogP) is 2.72. The summed E-state index contributed by atoms with van der Waals surface area (Å²) in [6, 6.07) is 8.91. The highest BCUT2D eigenvalue weighted by atomic mass is 16.5. The fraction of sp³-hybridized carbons (Fsp3) is 0.250. The average molecular weight is 286 g/mol. The lowest BCUT2D eigenvalue weighted by molar-refractivity contribution is 0.135. The third-order valence-electron chi connectivity index (χ3n) is 4.09. The van der Waals surface area contributed by atoms with Gasteiger partial charge in [-0.05, 0) is 18.2 Å². The smallest absolute Gasteiger partial charge is 0.200 e. The van der Waals surface area contributed by atoms with Crippen LogP contribution in [0.2, 0.25) is 0 Å². The van der Waals surface area contributed by atoms with Crippen LogP contribution < -0.4 is 14.2 Å². The van der Waals surface area contributed by atoms with Gasteiger partial charge in [-0.15, -0.1) is 0 Å². The number of benzene rings is 2. The molecule has 0 aromatic heterocycles. The van der Waals surface area contributed by atoms with Gasteiger partial charge < -0.3 is 24.4 Å². The molecule has 0 amide bonds. The largest absolute Gasteiger partial charge is 0.504 e. The van der Waals surface area contributed by atoms with Crippen LogP contribution in [-0.2, 0) is 0 Å². The van der Waals surface area contributed by atoms with Gasteiger partial charge in [0.15, 0.2) is 11.5 Å². The van der Waals surface area contributed by atoms with Crippen LogP contribution in [0.3, 0.4) is 0 Å². The monoisotopic (exact) mass is 286 g/mol. The average Bonchev–Trinajstić information content (AvgIpc) is 2.88. The summed E-state index contributed by atoms with van der Waals surface area (Å²) >= 11 is 0. The Balaban J connectivity index is 1.80. The van der Waals surface area contributed by atoms with Gasteiger partial charge in [-0.1, -0.05) is 6.07 Å². The first-order valence-electron chi connectivity index (χ1n) is 6.71. The number of methoxy groups -OCH3 is 1. The van der Waals surface area contributed by atoms with Crippen LogP contribution >= 0.6 is 0 Å². The van der Waals surface area contributed by atoms with Gasteiger partial charge in [0, 0.05) is 17.2 Å². The van der Waals surface area contributed by atoms with E-state index in [4.69, 9.17) is 14.2 Å². The van der Waals surface area contributed by atoms with E-state index in [1.54, 1.807) is 13.2 Å². The van der Waals surface area contributed by atoms with E-state index in [0.717, 1.165) is 22.6 Å². The van der Waals surface area contributed by atoms with Crippen LogP contribution in [0.5, 0.6) is 28.7 Å². The second kappa shape index (κ2) is 4.22. The number of phenols is 2. The zero-order chi connectivity index (χ0) is 14.6. The standard InChI is InChI=1S/C16H14O5/c1-19-8-2-3-9-11-7-20-16-10(4-5-12(17)14(16)18)15(11)21-13(9)6-8/h2-6,11,15,17-18H,7H2,1H3/t11-,15-/m1/s1. The molecule has 108 valence electrons. The normalized spacial score (nSPS) is 21.6. The molecule has 0 fully saturated rings. The van der Waals surface area contributed by atoms with Crippen LogP contribution in [-0.4, -0.2) is 23.9 Å². The molecule has 2 aromatic carbocycles. The lowest BCUT2D eigenvalue weighted by Gasteiger charge is -2.28. The summed E-state index contributed by atoms with van der Waals surface area (Å²) in [5, 5.41) is 19.5. The molecule has 2 aliphatic heterocycles. The second-order valence-corrected chi connectivity index (χ2v) is 5.21. The number of hydrogen-bond donors (Lipinski definition) is 2. The van der Waals surface area contributed by atoms with Crippen molar-refractivity contribution in [3.63, 3.8) is 0 Å². The molecule has 21 heavy (non-hydrogen) atoms. The number of ether oxygens (including phenoxy) is 3. The van der Waals surface area contributed by atoms with Crippen LogP contribution in [0.1, 0.15) is 23.1 Å². The Morgan fingerprint density at radius 2 is 1.95 bits per heavy atom. The summed E-state index contributed by atoms with van der Waals surface area (Å²) in [5.41, 5.74) is 1.82. The van der Waals surface area contributed by atoms with Crippen molar-refractivity contribution in [2.75, 3.05) is 13.7 Å². The zero-order valence-electron chi connectivity index (χ0n) is 11.4. The molecule has 2 atom stereocenters. The van der Waals surface area contributed by atoms with Crippen molar-refractivity contribution in [1.29, 1.82) is 0 Å². The maximum atomic E-state index is 9.91. The summed E-state index contributed by atoms with van der Waals surface area (Å²) in [6.45, 7) is 0.397.